The van der Waals surface area contributed by atoms with Crippen LogP contribution in [0.1, 0.15) is 10.4 Å². The van der Waals surface area contributed by atoms with E-state index in [-0.39, 0.29) is 0 Å². The molecule has 0 unspecified atom stereocenters. The molecule has 0 fully saturated rings. The van der Waals surface area contributed by atoms with Gasteiger partial charge < -0.3 is 0 Å². The third-order valence-electron chi connectivity index (χ3n) is 1.37. The number of nitrogens with zero attached hydrogens (tertiary/aromatic N) is 1. The van der Waals surface area contributed by atoms with E-state index in [2.05, 4.69) is 5.18 Å². The number of nitroso groups, excluding NO2 is 1. The van der Waals surface area contributed by atoms with Crippen LogP contribution in [0, 0.1) is 10.7 Å². The van der Waals surface area contributed by atoms with Crippen molar-refractivity contribution >= 4 is 5.78 Å². The molecule has 0 bridgehead atoms. The first-order valence-corrected chi connectivity index (χ1v) is 3.32. The average Bonchev–Trinajstić information content (AvgIpc) is 2.06. The molecule has 0 aliphatic rings. The van der Waals surface area contributed by atoms with E-state index in [0.29, 0.717) is 5.56 Å². The van der Waals surface area contributed by atoms with E-state index >= 15 is 0 Å². The summed E-state index contributed by atoms with van der Waals surface area (Å²) in [6.45, 7) is -0.397. The second-order valence-corrected chi connectivity index (χ2v) is 2.22. The zero-order chi connectivity index (χ0) is 8.97. The third-order valence-corrected chi connectivity index (χ3v) is 1.37. The first-order chi connectivity index (χ1) is 5.74. The van der Waals surface area contributed by atoms with Crippen molar-refractivity contribution in [2.75, 3.05) is 6.54 Å². The Balaban J connectivity index is 2.82. The maximum atomic E-state index is 12.3. The molecule has 1 aromatic rings. The van der Waals surface area contributed by atoms with Crippen LogP contribution in [0.15, 0.2) is 29.4 Å². The van der Waals surface area contributed by atoms with Crippen LogP contribution >= 0.6 is 0 Å². The number of Topliss-reactive ketones (excluding diaryl/α,β-unsaturated/α-hetero) is 1. The highest BCUT2D eigenvalue weighted by Gasteiger charge is 2.04. The normalized spacial score (nSPS) is 9.42. The minimum Gasteiger partial charge on any atom is -0.292 e. The van der Waals surface area contributed by atoms with Crippen LogP contribution < -0.4 is 0 Å². The van der Waals surface area contributed by atoms with Gasteiger partial charge in [-0.25, -0.2) is 4.39 Å². The summed E-state index contributed by atoms with van der Waals surface area (Å²) in [6.07, 6.45) is 0. The fourth-order valence-corrected chi connectivity index (χ4v) is 0.786. The third kappa shape index (κ3) is 1.95. The Morgan fingerprint density at radius 3 is 2.42 bits per heavy atom. The summed E-state index contributed by atoms with van der Waals surface area (Å²) in [5.74, 6) is -0.810. The van der Waals surface area contributed by atoms with Gasteiger partial charge in [0.25, 0.3) is 0 Å². The number of carbonyl (C=O) groups is 1. The quantitative estimate of drug-likeness (QED) is 0.508. The highest BCUT2D eigenvalue weighted by Crippen LogP contribution is 2.03. The lowest BCUT2D eigenvalue weighted by molar-refractivity contribution is 0.100. The minimum absolute atomic E-state index is 0.302. The molecule has 12 heavy (non-hydrogen) atoms. The summed E-state index contributed by atoms with van der Waals surface area (Å²) in [5, 5.41) is 2.44. The average molecular weight is 167 g/mol. The molecule has 3 nitrogen and oxygen atoms in total. The van der Waals surface area contributed by atoms with Gasteiger partial charge in [-0.2, -0.15) is 4.91 Å². The monoisotopic (exact) mass is 167 g/mol. The molecular formula is C8H6FNO2. The van der Waals surface area contributed by atoms with E-state index in [1.165, 1.54) is 12.1 Å². The zero-order valence-corrected chi connectivity index (χ0v) is 6.16. The van der Waals surface area contributed by atoms with Gasteiger partial charge in [0, 0.05) is 5.56 Å². The SMILES string of the molecule is O=NCC(=O)c1ccc(F)cc1. The topological polar surface area (TPSA) is 46.5 Å². The van der Waals surface area contributed by atoms with Crippen LogP contribution in [-0.2, 0) is 0 Å². The Labute approximate surface area is 68.2 Å². The zero-order valence-electron chi connectivity index (χ0n) is 6.16. The van der Waals surface area contributed by atoms with Gasteiger partial charge in [-0.15, -0.1) is 0 Å². The molecule has 0 aliphatic carbocycles. The van der Waals surface area contributed by atoms with E-state index in [1.54, 1.807) is 0 Å². The van der Waals surface area contributed by atoms with Gasteiger partial charge in [-0.05, 0) is 24.3 Å². The van der Waals surface area contributed by atoms with Crippen LogP contribution in [0.2, 0.25) is 0 Å². The Morgan fingerprint density at radius 1 is 1.33 bits per heavy atom. The Morgan fingerprint density at radius 2 is 1.92 bits per heavy atom. The van der Waals surface area contributed by atoms with Gasteiger partial charge in [0.05, 0.1) is 0 Å². The van der Waals surface area contributed by atoms with Gasteiger partial charge >= 0.3 is 0 Å². The van der Waals surface area contributed by atoms with Crippen LogP contribution in [0.3, 0.4) is 0 Å². The fourth-order valence-electron chi connectivity index (χ4n) is 0.786. The number of rotatable bonds is 3. The summed E-state index contributed by atoms with van der Waals surface area (Å²) < 4.78 is 12.3. The predicted molar refractivity (Wildman–Crippen MR) is 41.4 cm³/mol. The Kier molecular flexibility index (Phi) is 2.63. The number of benzene rings is 1. The fraction of sp³-hybridized carbons (Fsp3) is 0.125. The lowest BCUT2D eigenvalue weighted by atomic mass is 10.1. The second kappa shape index (κ2) is 3.71. The van der Waals surface area contributed by atoms with Crippen molar-refractivity contribution < 1.29 is 9.18 Å². The van der Waals surface area contributed by atoms with E-state index in [9.17, 15) is 14.1 Å². The lowest BCUT2D eigenvalue weighted by Crippen LogP contribution is -2.02. The highest BCUT2D eigenvalue weighted by molar-refractivity contribution is 5.97. The van der Waals surface area contributed by atoms with Crippen LogP contribution in [0.5, 0.6) is 0 Å². The molecule has 0 spiro atoms. The van der Waals surface area contributed by atoms with Crippen molar-refractivity contribution in [3.63, 3.8) is 0 Å². The van der Waals surface area contributed by atoms with E-state index in [4.69, 9.17) is 0 Å². The predicted octanol–water partition coefficient (Wildman–Crippen LogP) is 1.77. The number of ketones is 1. The van der Waals surface area contributed by atoms with Crippen LogP contribution in [0.25, 0.3) is 0 Å². The highest BCUT2D eigenvalue weighted by atomic mass is 19.1. The van der Waals surface area contributed by atoms with Gasteiger partial charge in [0.1, 0.15) is 12.4 Å². The van der Waals surface area contributed by atoms with E-state index < -0.39 is 18.1 Å². The number of hydrogen-bond donors (Lipinski definition) is 0. The molecule has 0 radical (unpaired) electrons. The van der Waals surface area contributed by atoms with Gasteiger partial charge in [0.15, 0.2) is 5.78 Å². The lowest BCUT2D eigenvalue weighted by Gasteiger charge is -1.94. The molecule has 0 atom stereocenters. The standard InChI is InChI=1S/C8H6FNO2/c9-7-3-1-6(2-4-7)8(11)5-10-12/h1-4H,5H2. The molecule has 62 valence electrons. The Bertz CT molecular complexity index is 294. The molecule has 4 heteroatoms. The smallest absolute Gasteiger partial charge is 0.187 e. The molecule has 0 amide bonds. The van der Waals surface area contributed by atoms with E-state index in [0.717, 1.165) is 12.1 Å². The summed E-state index contributed by atoms with van der Waals surface area (Å²) in [7, 11) is 0. The van der Waals surface area contributed by atoms with Gasteiger partial charge in [-0.1, -0.05) is 5.18 Å². The maximum Gasteiger partial charge on any atom is 0.187 e. The number of carbonyl (C=O) groups excluding carboxylic acids is 1. The van der Waals surface area contributed by atoms with Crippen LogP contribution in [0.4, 0.5) is 4.39 Å². The van der Waals surface area contributed by atoms with Crippen molar-refractivity contribution in [3.05, 3.63) is 40.6 Å². The summed E-state index contributed by atoms with van der Waals surface area (Å²) in [5.41, 5.74) is 0.302. The largest absolute Gasteiger partial charge is 0.292 e. The van der Waals surface area contributed by atoms with Crippen molar-refractivity contribution in [3.8, 4) is 0 Å². The van der Waals surface area contributed by atoms with Crippen molar-refractivity contribution in [1.29, 1.82) is 0 Å². The van der Waals surface area contributed by atoms with Crippen LogP contribution in [-0.4, -0.2) is 12.3 Å². The maximum absolute atomic E-state index is 12.3. The van der Waals surface area contributed by atoms with E-state index in [1.807, 2.05) is 0 Å². The number of halogens is 1. The van der Waals surface area contributed by atoms with Crippen molar-refractivity contribution in [2.24, 2.45) is 5.18 Å². The summed E-state index contributed by atoms with van der Waals surface area (Å²) >= 11 is 0. The second-order valence-electron chi connectivity index (χ2n) is 2.22. The molecule has 0 N–H and O–H groups in total. The number of hydrogen-bond acceptors (Lipinski definition) is 3. The molecule has 1 rings (SSSR count). The summed E-state index contributed by atoms with van der Waals surface area (Å²) in [4.78, 5) is 20.7. The van der Waals surface area contributed by atoms with Crippen molar-refractivity contribution in [1.82, 2.24) is 0 Å². The first-order valence-electron chi connectivity index (χ1n) is 3.32. The van der Waals surface area contributed by atoms with Gasteiger partial charge in [-0.3, -0.25) is 4.79 Å². The molecule has 1 aromatic carbocycles. The molecule has 0 heterocycles. The first kappa shape index (κ1) is 8.52. The Hall–Kier alpha value is -1.58. The minimum atomic E-state index is -0.411. The van der Waals surface area contributed by atoms with Crippen molar-refractivity contribution in [2.45, 2.75) is 0 Å². The molecular weight excluding hydrogens is 161 g/mol. The van der Waals surface area contributed by atoms with Gasteiger partial charge in [0.2, 0.25) is 0 Å². The summed E-state index contributed by atoms with van der Waals surface area (Å²) in [6, 6.07) is 4.97. The molecule has 0 aliphatic heterocycles. The molecule has 0 aromatic heterocycles. The molecule has 0 saturated heterocycles. The molecule has 0 saturated carbocycles.